The van der Waals surface area contributed by atoms with Crippen molar-refractivity contribution in [3.05, 3.63) is 76.4 Å². The van der Waals surface area contributed by atoms with Gasteiger partial charge in [-0.25, -0.2) is 0 Å². The van der Waals surface area contributed by atoms with Gasteiger partial charge in [0.15, 0.2) is 0 Å². The second-order valence-corrected chi connectivity index (χ2v) is 7.12. The molecule has 0 aliphatic carbocycles. The van der Waals surface area contributed by atoms with Crippen LogP contribution in [0.25, 0.3) is 5.57 Å². The van der Waals surface area contributed by atoms with E-state index in [-0.39, 0.29) is 11.8 Å². The number of hydrogen-bond acceptors (Lipinski definition) is 2. The molecular formula is C22H23ClN2O2. The number of nitrogens with zero attached hydrogens (tertiary/aromatic N) is 1. The number of piperidine rings is 1. The van der Waals surface area contributed by atoms with Crippen molar-refractivity contribution in [2.24, 2.45) is 0 Å². The number of rotatable bonds is 4. The highest BCUT2D eigenvalue weighted by atomic mass is 35.5. The fourth-order valence-electron chi connectivity index (χ4n) is 3.18. The van der Waals surface area contributed by atoms with E-state index in [4.69, 9.17) is 11.6 Å². The van der Waals surface area contributed by atoms with Crippen LogP contribution >= 0.6 is 11.6 Å². The summed E-state index contributed by atoms with van der Waals surface area (Å²) < 4.78 is 0. The summed E-state index contributed by atoms with van der Waals surface area (Å²) in [7, 11) is 0. The molecule has 2 aromatic rings. The molecule has 1 fully saturated rings. The van der Waals surface area contributed by atoms with Crippen molar-refractivity contribution in [3.63, 3.8) is 0 Å². The number of nitrogens with one attached hydrogen (secondary N) is 1. The first-order chi connectivity index (χ1) is 13.1. The first-order valence-electron chi connectivity index (χ1n) is 9.19. The third-order valence-electron chi connectivity index (χ3n) is 4.78. The number of amides is 2. The van der Waals surface area contributed by atoms with E-state index in [9.17, 15) is 9.59 Å². The third kappa shape index (κ3) is 4.77. The molecule has 1 aliphatic rings. The fraction of sp³-hybridized carbons (Fsp3) is 0.273. The van der Waals surface area contributed by atoms with E-state index in [2.05, 4.69) is 5.32 Å². The van der Waals surface area contributed by atoms with Crippen LogP contribution in [0.1, 0.15) is 42.1 Å². The van der Waals surface area contributed by atoms with Gasteiger partial charge < -0.3 is 10.2 Å². The van der Waals surface area contributed by atoms with E-state index in [0.29, 0.717) is 16.3 Å². The smallest absolute Gasteiger partial charge is 0.270 e. The van der Waals surface area contributed by atoms with Crippen LogP contribution < -0.4 is 5.32 Å². The lowest BCUT2D eigenvalue weighted by Gasteiger charge is -2.28. The molecule has 0 spiro atoms. The van der Waals surface area contributed by atoms with Crippen molar-refractivity contribution in [2.45, 2.75) is 26.2 Å². The first kappa shape index (κ1) is 19.2. The Morgan fingerprint density at radius 1 is 0.889 bits per heavy atom. The van der Waals surface area contributed by atoms with E-state index in [1.165, 1.54) is 0 Å². The monoisotopic (exact) mass is 382 g/mol. The molecule has 4 nitrogen and oxygen atoms in total. The number of hydrogen-bond donors (Lipinski definition) is 1. The maximum atomic E-state index is 13.2. The van der Waals surface area contributed by atoms with Crippen molar-refractivity contribution in [3.8, 4) is 0 Å². The summed E-state index contributed by atoms with van der Waals surface area (Å²) in [4.78, 5) is 27.7. The molecule has 140 valence electrons. The highest BCUT2D eigenvalue weighted by Crippen LogP contribution is 2.21. The Morgan fingerprint density at radius 3 is 2.15 bits per heavy atom. The first-order valence-corrected chi connectivity index (χ1v) is 9.56. The largest absolute Gasteiger partial charge is 0.337 e. The molecule has 0 atom stereocenters. The highest BCUT2D eigenvalue weighted by molar-refractivity contribution is 6.30. The van der Waals surface area contributed by atoms with Crippen molar-refractivity contribution >= 4 is 29.0 Å². The minimum absolute atomic E-state index is 0.127. The number of carbonyl (C=O) groups is 2. The van der Waals surface area contributed by atoms with Gasteiger partial charge >= 0.3 is 0 Å². The van der Waals surface area contributed by atoms with Crippen LogP contribution in [0.3, 0.4) is 0 Å². The molecule has 0 aromatic heterocycles. The topological polar surface area (TPSA) is 49.4 Å². The van der Waals surface area contributed by atoms with Gasteiger partial charge in [0.05, 0.1) is 0 Å². The SMILES string of the molecule is C/C(=C(\NC(=O)c1ccc(Cl)cc1)C(=O)N1CCCCC1)c1ccccc1. The predicted molar refractivity (Wildman–Crippen MR) is 108 cm³/mol. The molecular weight excluding hydrogens is 360 g/mol. The van der Waals surface area contributed by atoms with Crippen LogP contribution in [0.2, 0.25) is 5.02 Å². The highest BCUT2D eigenvalue weighted by Gasteiger charge is 2.24. The van der Waals surface area contributed by atoms with E-state index >= 15 is 0 Å². The molecule has 3 rings (SSSR count). The molecule has 0 bridgehead atoms. The summed E-state index contributed by atoms with van der Waals surface area (Å²) >= 11 is 5.90. The lowest BCUT2D eigenvalue weighted by atomic mass is 10.0. The van der Waals surface area contributed by atoms with Gasteiger partial charge in [-0.1, -0.05) is 41.9 Å². The van der Waals surface area contributed by atoms with Crippen LogP contribution in [0.4, 0.5) is 0 Å². The maximum Gasteiger partial charge on any atom is 0.270 e. The van der Waals surface area contributed by atoms with Crippen molar-refractivity contribution in [1.82, 2.24) is 10.2 Å². The second-order valence-electron chi connectivity index (χ2n) is 6.68. The van der Waals surface area contributed by atoms with E-state index in [1.54, 1.807) is 24.3 Å². The molecule has 1 heterocycles. The molecule has 0 unspecified atom stereocenters. The zero-order valence-electron chi connectivity index (χ0n) is 15.4. The van der Waals surface area contributed by atoms with Crippen LogP contribution in [0, 0.1) is 0 Å². The molecule has 27 heavy (non-hydrogen) atoms. The van der Waals surface area contributed by atoms with Gasteiger partial charge in [0.2, 0.25) is 0 Å². The van der Waals surface area contributed by atoms with Gasteiger partial charge in [0.1, 0.15) is 5.70 Å². The lowest BCUT2D eigenvalue weighted by molar-refractivity contribution is -0.128. The van der Waals surface area contributed by atoms with Crippen molar-refractivity contribution in [2.75, 3.05) is 13.1 Å². The standard InChI is InChI=1S/C22H23ClN2O2/c1-16(17-8-4-2-5-9-17)20(22(27)25-14-6-3-7-15-25)24-21(26)18-10-12-19(23)13-11-18/h2,4-5,8-13H,3,6-7,14-15H2,1H3,(H,24,26)/b20-16+. The number of benzene rings is 2. The van der Waals surface area contributed by atoms with Gasteiger partial charge in [-0.2, -0.15) is 0 Å². The number of halogens is 1. The Balaban J connectivity index is 1.93. The van der Waals surface area contributed by atoms with Crippen molar-refractivity contribution in [1.29, 1.82) is 0 Å². The Hall–Kier alpha value is -2.59. The van der Waals surface area contributed by atoms with E-state index in [1.807, 2.05) is 42.2 Å². The summed E-state index contributed by atoms with van der Waals surface area (Å²) in [5.74, 6) is -0.444. The molecule has 0 radical (unpaired) electrons. The minimum atomic E-state index is -0.317. The Bertz CT molecular complexity index is 838. The lowest BCUT2D eigenvalue weighted by Crippen LogP contribution is -2.41. The maximum absolute atomic E-state index is 13.2. The Labute approximate surface area is 164 Å². The zero-order chi connectivity index (χ0) is 19.2. The second kappa shape index (κ2) is 8.87. The van der Waals surface area contributed by atoms with E-state index < -0.39 is 0 Å². The van der Waals surface area contributed by atoms with Gasteiger partial charge in [0, 0.05) is 23.7 Å². The summed E-state index contributed by atoms with van der Waals surface area (Å²) in [5.41, 5.74) is 2.47. The predicted octanol–water partition coefficient (Wildman–Crippen LogP) is 4.51. The zero-order valence-corrected chi connectivity index (χ0v) is 16.1. The Kier molecular flexibility index (Phi) is 6.30. The molecule has 2 aromatic carbocycles. The number of carbonyl (C=O) groups excluding carboxylic acids is 2. The number of likely N-dealkylation sites (tertiary alicyclic amines) is 1. The van der Waals surface area contributed by atoms with E-state index in [0.717, 1.165) is 43.5 Å². The van der Waals surface area contributed by atoms with Gasteiger partial charge in [-0.05, 0) is 61.6 Å². The van der Waals surface area contributed by atoms with Gasteiger partial charge in [0.25, 0.3) is 11.8 Å². The average Bonchev–Trinajstić information content (AvgIpc) is 2.72. The van der Waals surface area contributed by atoms with Crippen molar-refractivity contribution < 1.29 is 9.59 Å². The molecule has 2 amide bonds. The third-order valence-corrected chi connectivity index (χ3v) is 5.04. The normalized spacial score (nSPS) is 15.1. The quantitative estimate of drug-likeness (QED) is 0.790. The van der Waals surface area contributed by atoms with Crippen LogP contribution in [0.15, 0.2) is 60.3 Å². The van der Waals surface area contributed by atoms with Crippen LogP contribution in [-0.4, -0.2) is 29.8 Å². The molecule has 1 saturated heterocycles. The van der Waals surface area contributed by atoms with Gasteiger partial charge in [-0.15, -0.1) is 0 Å². The summed E-state index contributed by atoms with van der Waals surface area (Å²) in [6.45, 7) is 3.32. The molecule has 5 heteroatoms. The summed E-state index contributed by atoms with van der Waals surface area (Å²) in [6.07, 6.45) is 3.13. The molecule has 1 N–H and O–H groups in total. The minimum Gasteiger partial charge on any atom is -0.337 e. The molecule has 0 saturated carbocycles. The average molecular weight is 383 g/mol. The molecule has 1 aliphatic heterocycles. The summed E-state index contributed by atoms with van der Waals surface area (Å²) in [6, 6.07) is 16.3. The van der Waals surface area contributed by atoms with Crippen LogP contribution in [-0.2, 0) is 4.79 Å². The number of allylic oxidation sites excluding steroid dienone is 1. The Morgan fingerprint density at radius 2 is 1.52 bits per heavy atom. The van der Waals surface area contributed by atoms with Gasteiger partial charge in [-0.3, -0.25) is 9.59 Å². The summed E-state index contributed by atoms with van der Waals surface area (Å²) in [5, 5.41) is 3.42. The van der Waals surface area contributed by atoms with Crippen LogP contribution in [0.5, 0.6) is 0 Å². The fourth-order valence-corrected chi connectivity index (χ4v) is 3.31.